The number of nitrogens with zero attached hydrogens (tertiary/aromatic N) is 1. The van der Waals surface area contributed by atoms with E-state index in [0.717, 1.165) is 12.3 Å². The van der Waals surface area contributed by atoms with Gasteiger partial charge >= 0.3 is 18.0 Å². The van der Waals surface area contributed by atoms with Gasteiger partial charge in [0, 0.05) is 17.8 Å². The third-order valence-electron chi connectivity index (χ3n) is 6.62. The molecule has 0 saturated heterocycles. The van der Waals surface area contributed by atoms with E-state index in [4.69, 9.17) is 0 Å². The van der Waals surface area contributed by atoms with E-state index in [1.807, 2.05) is 0 Å². The van der Waals surface area contributed by atoms with Crippen LogP contribution in [0, 0.1) is 11.7 Å². The first-order chi connectivity index (χ1) is 15.3. The molecule has 1 fully saturated rings. The molecule has 2 aromatic rings. The summed E-state index contributed by atoms with van der Waals surface area (Å²) in [4.78, 5) is 16.0. The highest BCUT2D eigenvalue weighted by Gasteiger charge is 2.73. The van der Waals surface area contributed by atoms with Crippen LogP contribution in [-0.4, -0.2) is 29.3 Å². The standard InChI is InChI=1S/C22H18F8N2O/c23-17-10-31-8-7-16(17)19(33)32-18-6-5-14-13-4-2-12(9-11(13)1-3-15(14)18)20(24,21(25,26)27)22(28,29)30/h2,4,7-10,14-15,18H,1,3,5-6H2,(H,32,33)/t14-,15+,18+/m0/s1. The van der Waals surface area contributed by atoms with E-state index >= 15 is 0 Å². The van der Waals surface area contributed by atoms with Gasteiger partial charge in [-0.3, -0.25) is 9.78 Å². The second-order valence-corrected chi connectivity index (χ2v) is 8.39. The number of rotatable bonds is 3. The minimum Gasteiger partial charge on any atom is -0.349 e. The Morgan fingerprint density at radius 2 is 1.67 bits per heavy atom. The fraction of sp³-hybridized carbons (Fsp3) is 0.455. The van der Waals surface area contributed by atoms with Crippen molar-refractivity contribution in [1.82, 2.24) is 10.3 Å². The normalized spacial score (nSPS) is 23.1. The molecule has 4 rings (SSSR count). The summed E-state index contributed by atoms with van der Waals surface area (Å²) in [6.07, 6.45) is -8.60. The van der Waals surface area contributed by atoms with Crippen molar-refractivity contribution in [2.24, 2.45) is 5.92 Å². The van der Waals surface area contributed by atoms with Gasteiger partial charge in [-0.1, -0.05) is 18.2 Å². The van der Waals surface area contributed by atoms with E-state index in [1.165, 1.54) is 12.3 Å². The molecule has 1 aromatic carbocycles. The molecule has 33 heavy (non-hydrogen) atoms. The average molecular weight is 478 g/mol. The molecule has 2 aliphatic rings. The lowest BCUT2D eigenvalue weighted by atomic mass is 9.74. The summed E-state index contributed by atoms with van der Waals surface area (Å²) in [5, 5.41) is 2.78. The van der Waals surface area contributed by atoms with Gasteiger partial charge in [-0.05, 0) is 54.7 Å². The van der Waals surface area contributed by atoms with Crippen LogP contribution in [0.5, 0.6) is 0 Å². The molecule has 178 valence electrons. The van der Waals surface area contributed by atoms with Crippen LogP contribution < -0.4 is 5.32 Å². The van der Waals surface area contributed by atoms with Crippen LogP contribution in [0.2, 0.25) is 0 Å². The molecule has 1 amide bonds. The van der Waals surface area contributed by atoms with Crippen molar-refractivity contribution in [3.05, 3.63) is 64.7 Å². The van der Waals surface area contributed by atoms with Crippen molar-refractivity contribution in [2.45, 2.75) is 55.7 Å². The predicted molar refractivity (Wildman–Crippen MR) is 101 cm³/mol. The zero-order chi connectivity index (χ0) is 24.2. The molecule has 0 radical (unpaired) electrons. The summed E-state index contributed by atoms with van der Waals surface area (Å²) in [6, 6.07) is 3.22. The number of carbonyl (C=O) groups excluding carboxylic acids is 1. The summed E-state index contributed by atoms with van der Waals surface area (Å²) in [5.74, 6) is -1.76. The number of benzene rings is 1. The molecular formula is C22H18F8N2O. The lowest BCUT2D eigenvalue weighted by molar-refractivity contribution is -0.348. The minimum atomic E-state index is -6.17. The second-order valence-electron chi connectivity index (χ2n) is 8.39. The number of nitrogens with one attached hydrogen (secondary N) is 1. The Hall–Kier alpha value is -2.72. The summed E-state index contributed by atoms with van der Waals surface area (Å²) in [6.45, 7) is 0. The van der Waals surface area contributed by atoms with Crippen LogP contribution in [0.15, 0.2) is 36.7 Å². The third kappa shape index (κ3) is 3.85. The van der Waals surface area contributed by atoms with E-state index in [-0.39, 0.29) is 35.4 Å². The van der Waals surface area contributed by atoms with Crippen molar-refractivity contribution in [2.75, 3.05) is 0 Å². The topological polar surface area (TPSA) is 42.0 Å². The van der Waals surface area contributed by atoms with Crippen molar-refractivity contribution < 1.29 is 39.9 Å². The highest BCUT2D eigenvalue weighted by atomic mass is 19.4. The second kappa shape index (κ2) is 7.95. The van der Waals surface area contributed by atoms with Crippen LogP contribution in [0.25, 0.3) is 0 Å². The maximum atomic E-state index is 14.4. The first kappa shape index (κ1) is 23.4. The number of fused-ring (bicyclic) bond motifs is 3. The monoisotopic (exact) mass is 478 g/mol. The Morgan fingerprint density at radius 3 is 2.30 bits per heavy atom. The van der Waals surface area contributed by atoms with Gasteiger partial charge in [0.2, 0.25) is 0 Å². The SMILES string of the molecule is O=C(N[C@@H]1CC[C@H]2c3ccc(C(F)(C(F)(F)F)C(F)(F)F)cc3CC[C@@H]12)c1ccncc1F. The molecule has 3 nitrogen and oxygen atoms in total. The fourth-order valence-electron chi connectivity index (χ4n) is 5.05. The van der Waals surface area contributed by atoms with Gasteiger partial charge in [0.05, 0.1) is 11.8 Å². The number of aryl methyl sites for hydroxylation is 1. The average Bonchev–Trinajstić information content (AvgIpc) is 3.14. The molecule has 0 unspecified atom stereocenters. The maximum Gasteiger partial charge on any atom is 0.435 e. The van der Waals surface area contributed by atoms with Gasteiger partial charge < -0.3 is 5.32 Å². The van der Waals surface area contributed by atoms with E-state index < -0.39 is 35.3 Å². The first-order valence-corrected chi connectivity index (χ1v) is 10.2. The quantitative estimate of drug-likeness (QED) is 0.571. The van der Waals surface area contributed by atoms with Gasteiger partial charge in [-0.15, -0.1) is 0 Å². The molecule has 3 atom stereocenters. The van der Waals surface area contributed by atoms with Gasteiger partial charge in [0.15, 0.2) is 5.82 Å². The molecule has 1 N–H and O–H groups in total. The number of aromatic nitrogens is 1. The van der Waals surface area contributed by atoms with Crippen molar-refractivity contribution in [3.8, 4) is 0 Å². The first-order valence-electron chi connectivity index (χ1n) is 10.2. The number of pyridine rings is 1. The molecule has 1 saturated carbocycles. The van der Waals surface area contributed by atoms with Crippen molar-refractivity contribution in [1.29, 1.82) is 0 Å². The molecule has 2 aliphatic carbocycles. The van der Waals surface area contributed by atoms with Gasteiger partial charge in [0.1, 0.15) is 0 Å². The Labute approximate surface area is 183 Å². The Bertz CT molecular complexity index is 1050. The summed E-state index contributed by atoms with van der Waals surface area (Å²) < 4.78 is 107. The van der Waals surface area contributed by atoms with Gasteiger partial charge in [0.25, 0.3) is 5.91 Å². The number of hydrogen-bond acceptors (Lipinski definition) is 2. The highest BCUT2D eigenvalue weighted by Crippen LogP contribution is 2.54. The zero-order valence-corrected chi connectivity index (χ0v) is 16.9. The number of carbonyl (C=O) groups is 1. The lowest BCUT2D eigenvalue weighted by Gasteiger charge is -2.34. The number of amides is 1. The highest BCUT2D eigenvalue weighted by molar-refractivity contribution is 5.94. The van der Waals surface area contributed by atoms with Gasteiger partial charge in [-0.25, -0.2) is 8.78 Å². The smallest absolute Gasteiger partial charge is 0.349 e. The molecule has 1 heterocycles. The van der Waals surface area contributed by atoms with Gasteiger partial charge in [-0.2, -0.15) is 26.3 Å². The molecular weight excluding hydrogens is 460 g/mol. The van der Waals surface area contributed by atoms with Crippen LogP contribution >= 0.6 is 0 Å². The maximum absolute atomic E-state index is 14.4. The van der Waals surface area contributed by atoms with Crippen LogP contribution in [-0.2, 0) is 12.1 Å². The molecule has 11 heteroatoms. The largest absolute Gasteiger partial charge is 0.435 e. The Morgan fingerprint density at radius 1 is 0.970 bits per heavy atom. The zero-order valence-electron chi connectivity index (χ0n) is 16.9. The van der Waals surface area contributed by atoms with Crippen LogP contribution in [0.1, 0.15) is 52.2 Å². The van der Waals surface area contributed by atoms with Crippen LogP contribution in [0.4, 0.5) is 35.1 Å². The third-order valence-corrected chi connectivity index (χ3v) is 6.62. The van der Waals surface area contributed by atoms with Crippen molar-refractivity contribution in [3.63, 3.8) is 0 Å². The number of hydrogen-bond donors (Lipinski definition) is 1. The lowest BCUT2D eigenvalue weighted by Crippen LogP contribution is -2.50. The van der Waals surface area contributed by atoms with E-state index in [1.54, 1.807) is 0 Å². The number of alkyl halides is 7. The fourth-order valence-corrected chi connectivity index (χ4v) is 5.05. The molecule has 0 aliphatic heterocycles. The minimum absolute atomic E-state index is 0.127. The van der Waals surface area contributed by atoms with Crippen molar-refractivity contribution >= 4 is 5.91 Å². The number of halogens is 8. The Kier molecular flexibility index (Phi) is 5.65. The summed E-state index contributed by atoms with van der Waals surface area (Å²) in [5.41, 5.74) is -6.35. The van der Waals surface area contributed by atoms with E-state index in [9.17, 15) is 39.9 Å². The Balaban J connectivity index is 1.58. The molecule has 0 bridgehead atoms. The molecule has 1 aromatic heterocycles. The van der Waals surface area contributed by atoms with Crippen LogP contribution in [0.3, 0.4) is 0 Å². The van der Waals surface area contributed by atoms with E-state index in [0.29, 0.717) is 37.0 Å². The predicted octanol–water partition coefficient (Wildman–Crippen LogP) is 5.75. The summed E-state index contributed by atoms with van der Waals surface area (Å²) in [7, 11) is 0. The molecule has 0 spiro atoms. The van der Waals surface area contributed by atoms with E-state index in [2.05, 4.69) is 10.3 Å². The summed E-state index contributed by atoms with van der Waals surface area (Å²) >= 11 is 0.